The minimum absolute atomic E-state index is 0.539. The molecule has 2 aliphatic rings. The van der Waals surface area contributed by atoms with E-state index >= 15 is 0 Å². The largest absolute Gasteiger partial charge is 0.383 e. The van der Waals surface area contributed by atoms with Crippen molar-refractivity contribution in [1.82, 2.24) is 0 Å². The van der Waals surface area contributed by atoms with Crippen molar-refractivity contribution in [3.63, 3.8) is 0 Å². The van der Waals surface area contributed by atoms with Gasteiger partial charge in [-0.15, -0.1) is 0 Å². The van der Waals surface area contributed by atoms with Gasteiger partial charge in [0.2, 0.25) is 0 Å². The number of rotatable bonds is 1. The van der Waals surface area contributed by atoms with Gasteiger partial charge < -0.3 is 5.11 Å². The molecule has 19 heavy (non-hydrogen) atoms. The van der Waals surface area contributed by atoms with Crippen molar-refractivity contribution in [3.8, 4) is 6.07 Å². The van der Waals surface area contributed by atoms with Crippen molar-refractivity contribution in [2.75, 3.05) is 0 Å². The van der Waals surface area contributed by atoms with Crippen LogP contribution in [0, 0.1) is 29.6 Å². The van der Waals surface area contributed by atoms with Crippen LogP contribution in [0.15, 0.2) is 18.2 Å². The number of benzene rings is 1. The molecule has 1 saturated carbocycles. The lowest BCUT2D eigenvalue weighted by Crippen LogP contribution is -2.42. The molecule has 3 unspecified atom stereocenters. The first kappa shape index (κ1) is 12.7. The smallest absolute Gasteiger partial charge is 0.109 e. The summed E-state index contributed by atoms with van der Waals surface area (Å²) >= 11 is 0. The molecular formula is C17H21NO. The highest BCUT2D eigenvalue weighted by atomic mass is 16.3. The third-order valence-electron chi connectivity index (χ3n) is 5.23. The summed E-state index contributed by atoms with van der Waals surface area (Å²) in [6.07, 6.45) is 4.30. The van der Waals surface area contributed by atoms with Gasteiger partial charge in [0.15, 0.2) is 0 Å². The minimum Gasteiger partial charge on any atom is -0.383 e. The van der Waals surface area contributed by atoms with Crippen LogP contribution in [0.2, 0.25) is 0 Å². The molecule has 1 aromatic carbocycles. The summed E-state index contributed by atoms with van der Waals surface area (Å²) in [5.74, 6) is 0.539. The van der Waals surface area contributed by atoms with E-state index in [1.807, 2.05) is 0 Å². The van der Waals surface area contributed by atoms with E-state index in [1.54, 1.807) is 0 Å². The Hall–Kier alpha value is -1.33. The summed E-state index contributed by atoms with van der Waals surface area (Å²) in [4.78, 5) is 0. The molecule has 3 atom stereocenters. The number of hydrogen-bond donors (Lipinski definition) is 1. The molecule has 0 spiro atoms. The number of fused-ring (bicyclic) bond motifs is 1. The molecule has 0 bridgehead atoms. The second-order valence-electron chi connectivity index (χ2n) is 6.56. The van der Waals surface area contributed by atoms with Gasteiger partial charge in [-0.25, -0.2) is 0 Å². The summed E-state index contributed by atoms with van der Waals surface area (Å²) < 4.78 is 0. The van der Waals surface area contributed by atoms with Gasteiger partial charge in [0.05, 0.1) is 11.5 Å². The molecule has 0 aromatic heterocycles. The van der Waals surface area contributed by atoms with Crippen molar-refractivity contribution in [3.05, 3.63) is 34.9 Å². The molecule has 0 heterocycles. The molecule has 2 aliphatic carbocycles. The Morgan fingerprint density at radius 1 is 1.37 bits per heavy atom. The third-order valence-corrected chi connectivity index (χ3v) is 5.23. The number of aliphatic hydroxyl groups is 1. The lowest BCUT2D eigenvalue weighted by molar-refractivity contribution is -0.0591. The normalized spacial score (nSPS) is 37.1. The van der Waals surface area contributed by atoms with Crippen molar-refractivity contribution >= 4 is 0 Å². The lowest BCUT2D eigenvalue weighted by atomic mass is 9.68. The van der Waals surface area contributed by atoms with Crippen LogP contribution in [0.3, 0.4) is 0 Å². The highest BCUT2D eigenvalue weighted by molar-refractivity contribution is 5.43. The van der Waals surface area contributed by atoms with E-state index in [2.05, 4.69) is 38.1 Å². The van der Waals surface area contributed by atoms with Crippen LogP contribution in [0.5, 0.6) is 0 Å². The second-order valence-corrected chi connectivity index (χ2v) is 6.56. The molecule has 0 amide bonds. The van der Waals surface area contributed by atoms with Crippen LogP contribution < -0.4 is 0 Å². The molecular weight excluding hydrogens is 234 g/mol. The van der Waals surface area contributed by atoms with E-state index in [0.717, 1.165) is 31.2 Å². The Kier molecular flexibility index (Phi) is 2.73. The summed E-state index contributed by atoms with van der Waals surface area (Å²) in [5.41, 5.74) is 1.89. The van der Waals surface area contributed by atoms with Gasteiger partial charge in [-0.05, 0) is 56.1 Å². The standard InChI is InChI=1S/C17H21NO/c1-12-3-4-14-6-8-17(19,15(14)9-12)16(11-18)7-5-13(2)10-16/h3-4,9,13,19H,5-8,10H2,1-2H3. The average Bonchev–Trinajstić information content (AvgIpc) is 2.94. The fourth-order valence-corrected chi connectivity index (χ4v) is 4.10. The van der Waals surface area contributed by atoms with E-state index in [9.17, 15) is 10.4 Å². The molecule has 0 aliphatic heterocycles. The Bertz CT molecular complexity index is 559. The van der Waals surface area contributed by atoms with Gasteiger partial charge in [-0.3, -0.25) is 0 Å². The van der Waals surface area contributed by atoms with E-state index in [-0.39, 0.29) is 0 Å². The maximum absolute atomic E-state index is 11.3. The quantitative estimate of drug-likeness (QED) is 0.835. The molecule has 3 rings (SSSR count). The predicted octanol–water partition coefficient (Wildman–Crippen LogP) is 3.46. The second kappa shape index (κ2) is 4.08. The van der Waals surface area contributed by atoms with Crippen molar-refractivity contribution < 1.29 is 5.11 Å². The first-order valence-corrected chi connectivity index (χ1v) is 7.24. The Morgan fingerprint density at radius 2 is 2.16 bits per heavy atom. The van der Waals surface area contributed by atoms with Gasteiger partial charge in [0.1, 0.15) is 5.60 Å². The third kappa shape index (κ3) is 1.65. The van der Waals surface area contributed by atoms with Crippen LogP contribution in [-0.2, 0) is 12.0 Å². The molecule has 2 heteroatoms. The summed E-state index contributed by atoms with van der Waals surface area (Å²) in [7, 11) is 0. The zero-order valence-electron chi connectivity index (χ0n) is 11.7. The maximum atomic E-state index is 11.3. The van der Waals surface area contributed by atoms with Crippen LogP contribution in [0.4, 0.5) is 0 Å². The number of nitrogens with zero attached hydrogens (tertiary/aromatic N) is 1. The van der Waals surface area contributed by atoms with E-state index in [0.29, 0.717) is 12.3 Å². The number of hydrogen-bond acceptors (Lipinski definition) is 2. The molecule has 1 aromatic rings. The van der Waals surface area contributed by atoms with E-state index < -0.39 is 11.0 Å². The predicted molar refractivity (Wildman–Crippen MR) is 74.5 cm³/mol. The van der Waals surface area contributed by atoms with Gasteiger partial charge in [-0.2, -0.15) is 5.26 Å². The first-order chi connectivity index (χ1) is 9.01. The minimum atomic E-state index is -0.937. The zero-order chi connectivity index (χ0) is 13.7. The summed E-state index contributed by atoms with van der Waals surface area (Å²) in [5, 5.41) is 21.1. The van der Waals surface area contributed by atoms with Gasteiger partial charge in [0.25, 0.3) is 0 Å². The molecule has 2 nitrogen and oxygen atoms in total. The maximum Gasteiger partial charge on any atom is 0.109 e. The number of aryl methyl sites for hydroxylation is 2. The molecule has 0 saturated heterocycles. The van der Waals surface area contributed by atoms with Crippen LogP contribution >= 0.6 is 0 Å². The Balaban J connectivity index is 2.11. The molecule has 1 N–H and O–H groups in total. The SMILES string of the molecule is Cc1ccc2c(c1)C(O)(C1(C#N)CCC(C)C1)CC2. The summed E-state index contributed by atoms with van der Waals surface area (Å²) in [6.45, 7) is 4.24. The van der Waals surface area contributed by atoms with Crippen molar-refractivity contribution in [1.29, 1.82) is 5.26 Å². The Morgan fingerprint density at radius 3 is 2.79 bits per heavy atom. The first-order valence-electron chi connectivity index (χ1n) is 7.24. The lowest BCUT2D eigenvalue weighted by Gasteiger charge is -2.38. The van der Waals surface area contributed by atoms with E-state index in [1.165, 1.54) is 11.1 Å². The van der Waals surface area contributed by atoms with Crippen LogP contribution in [-0.4, -0.2) is 5.11 Å². The number of nitriles is 1. The molecule has 0 radical (unpaired) electrons. The van der Waals surface area contributed by atoms with Crippen molar-refractivity contribution in [2.24, 2.45) is 11.3 Å². The van der Waals surface area contributed by atoms with Gasteiger partial charge in [0, 0.05) is 0 Å². The zero-order valence-corrected chi connectivity index (χ0v) is 11.7. The molecule has 100 valence electrons. The van der Waals surface area contributed by atoms with E-state index in [4.69, 9.17) is 0 Å². The summed E-state index contributed by atoms with van der Waals surface area (Å²) in [6, 6.07) is 8.80. The van der Waals surface area contributed by atoms with Gasteiger partial charge in [-0.1, -0.05) is 30.7 Å². The molecule has 1 fully saturated rings. The monoisotopic (exact) mass is 255 g/mol. The fraction of sp³-hybridized carbons (Fsp3) is 0.588. The fourth-order valence-electron chi connectivity index (χ4n) is 4.10. The van der Waals surface area contributed by atoms with Crippen molar-refractivity contribution in [2.45, 2.75) is 51.6 Å². The van der Waals surface area contributed by atoms with Crippen LogP contribution in [0.25, 0.3) is 0 Å². The highest BCUT2D eigenvalue weighted by Crippen LogP contribution is 2.57. The highest BCUT2D eigenvalue weighted by Gasteiger charge is 2.57. The Labute approximate surface area is 115 Å². The average molecular weight is 255 g/mol. The van der Waals surface area contributed by atoms with Gasteiger partial charge >= 0.3 is 0 Å². The van der Waals surface area contributed by atoms with Crippen LogP contribution in [0.1, 0.15) is 49.3 Å². The topological polar surface area (TPSA) is 44.0 Å².